The van der Waals surface area contributed by atoms with Gasteiger partial charge in [-0.2, -0.15) is 0 Å². The van der Waals surface area contributed by atoms with Gasteiger partial charge < -0.3 is 15.5 Å². The molecule has 1 amide bonds. The molecule has 1 aromatic rings. The normalized spacial score (nSPS) is 18.4. The number of nitrogens with one attached hydrogen (secondary N) is 2. The molecular formula is C13H16N4O3. The maximum atomic E-state index is 11.4. The van der Waals surface area contributed by atoms with Gasteiger partial charge in [-0.25, -0.2) is 0 Å². The first-order chi connectivity index (χ1) is 9.65. The Hall–Kier alpha value is -2.15. The van der Waals surface area contributed by atoms with E-state index in [1.807, 2.05) is 4.90 Å². The van der Waals surface area contributed by atoms with E-state index in [0.717, 1.165) is 32.6 Å². The maximum absolute atomic E-state index is 11.4. The topological polar surface area (TPSA) is 87.5 Å². The quantitative estimate of drug-likeness (QED) is 0.618. The lowest BCUT2D eigenvalue weighted by atomic mass is 10.1. The molecule has 2 N–H and O–H groups in total. The van der Waals surface area contributed by atoms with Gasteiger partial charge in [-0.1, -0.05) is 0 Å². The van der Waals surface area contributed by atoms with Crippen LogP contribution in [0.4, 0.5) is 17.1 Å². The summed E-state index contributed by atoms with van der Waals surface area (Å²) in [5.41, 5.74) is 2.09. The summed E-state index contributed by atoms with van der Waals surface area (Å²) in [6, 6.07) is 3.27. The van der Waals surface area contributed by atoms with Crippen LogP contribution in [0.5, 0.6) is 0 Å². The van der Waals surface area contributed by atoms with Crippen LogP contribution in [0.3, 0.4) is 0 Å². The van der Waals surface area contributed by atoms with Gasteiger partial charge in [0, 0.05) is 31.4 Å². The number of benzene rings is 1. The lowest BCUT2D eigenvalue weighted by Gasteiger charge is -2.22. The molecule has 0 unspecified atom stereocenters. The van der Waals surface area contributed by atoms with E-state index in [1.165, 1.54) is 6.07 Å². The molecule has 3 rings (SSSR count). The summed E-state index contributed by atoms with van der Waals surface area (Å²) >= 11 is 0. The monoisotopic (exact) mass is 276 g/mol. The van der Waals surface area contributed by atoms with Gasteiger partial charge in [0.25, 0.3) is 5.69 Å². The van der Waals surface area contributed by atoms with Crippen LogP contribution >= 0.6 is 0 Å². The molecule has 0 aliphatic carbocycles. The van der Waals surface area contributed by atoms with Crippen LogP contribution in [0.25, 0.3) is 0 Å². The van der Waals surface area contributed by atoms with Crippen molar-refractivity contribution in [3.63, 3.8) is 0 Å². The molecule has 1 saturated heterocycles. The van der Waals surface area contributed by atoms with Gasteiger partial charge in [0.2, 0.25) is 5.91 Å². The van der Waals surface area contributed by atoms with Crippen LogP contribution in [0.15, 0.2) is 12.1 Å². The number of anilines is 2. The first-order valence-corrected chi connectivity index (χ1v) is 6.72. The highest BCUT2D eigenvalue weighted by atomic mass is 16.6. The SMILES string of the molecule is O=C1Cc2cc([N+](=O)[O-])c(N3CCCNCC3)cc2N1. The first-order valence-electron chi connectivity index (χ1n) is 6.72. The van der Waals surface area contributed by atoms with Gasteiger partial charge in [0.1, 0.15) is 5.69 Å². The number of nitro benzene ring substituents is 1. The molecule has 20 heavy (non-hydrogen) atoms. The number of hydrogen-bond donors (Lipinski definition) is 2. The van der Waals surface area contributed by atoms with Crippen LogP contribution in [0.1, 0.15) is 12.0 Å². The molecule has 0 atom stereocenters. The van der Waals surface area contributed by atoms with Crippen LogP contribution < -0.4 is 15.5 Å². The summed E-state index contributed by atoms with van der Waals surface area (Å²) in [4.78, 5) is 24.4. The number of fused-ring (bicyclic) bond motifs is 1. The minimum atomic E-state index is -0.364. The third-order valence-corrected chi connectivity index (χ3v) is 3.70. The Morgan fingerprint density at radius 1 is 1.25 bits per heavy atom. The van der Waals surface area contributed by atoms with Crippen molar-refractivity contribution in [2.24, 2.45) is 0 Å². The van der Waals surface area contributed by atoms with E-state index in [4.69, 9.17) is 0 Å². The fraction of sp³-hybridized carbons (Fsp3) is 0.462. The van der Waals surface area contributed by atoms with E-state index < -0.39 is 0 Å². The Labute approximate surface area is 116 Å². The lowest BCUT2D eigenvalue weighted by Crippen LogP contribution is -2.28. The highest BCUT2D eigenvalue weighted by Gasteiger charge is 2.27. The molecule has 2 aliphatic rings. The van der Waals surface area contributed by atoms with Crippen molar-refractivity contribution in [2.45, 2.75) is 12.8 Å². The minimum absolute atomic E-state index is 0.0853. The fourth-order valence-corrected chi connectivity index (χ4v) is 2.74. The number of rotatable bonds is 2. The lowest BCUT2D eigenvalue weighted by molar-refractivity contribution is -0.384. The van der Waals surface area contributed by atoms with Crippen LogP contribution in [-0.2, 0) is 11.2 Å². The van der Waals surface area contributed by atoms with Gasteiger partial charge in [0.15, 0.2) is 0 Å². The molecule has 106 valence electrons. The second-order valence-corrected chi connectivity index (χ2v) is 5.07. The van der Waals surface area contributed by atoms with E-state index in [2.05, 4.69) is 10.6 Å². The third kappa shape index (κ3) is 2.32. The van der Waals surface area contributed by atoms with Gasteiger partial charge in [-0.05, 0) is 24.6 Å². The highest BCUT2D eigenvalue weighted by molar-refractivity contribution is 6.00. The Morgan fingerprint density at radius 3 is 2.90 bits per heavy atom. The van der Waals surface area contributed by atoms with Gasteiger partial charge >= 0.3 is 0 Å². The van der Waals surface area contributed by atoms with Gasteiger partial charge in [0.05, 0.1) is 11.3 Å². The molecule has 0 spiro atoms. The average Bonchev–Trinajstić information content (AvgIpc) is 2.63. The Balaban J connectivity index is 2.02. The van der Waals surface area contributed by atoms with E-state index in [0.29, 0.717) is 16.9 Å². The van der Waals surface area contributed by atoms with Gasteiger partial charge in [-0.3, -0.25) is 14.9 Å². The molecular weight excluding hydrogens is 260 g/mol. The number of nitrogens with zero attached hydrogens (tertiary/aromatic N) is 2. The smallest absolute Gasteiger partial charge is 0.292 e. The maximum Gasteiger partial charge on any atom is 0.292 e. The summed E-state index contributed by atoms with van der Waals surface area (Å²) in [5, 5.41) is 17.3. The Kier molecular flexibility index (Phi) is 3.27. The van der Waals surface area contributed by atoms with Crippen molar-refractivity contribution in [2.75, 3.05) is 36.4 Å². The van der Waals surface area contributed by atoms with Crippen molar-refractivity contribution in [3.8, 4) is 0 Å². The van der Waals surface area contributed by atoms with Crippen LogP contribution in [-0.4, -0.2) is 37.0 Å². The van der Waals surface area contributed by atoms with Crippen molar-refractivity contribution in [3.05, 3.63) is 27.8 Å². The Morgan fingerprint density at radius 2 is 2.10 bits per heavy atom. The zero-order chi connectivity index (χ0) is 14.1. The number of carbonyl (C=O) groups excluding carboxylic acids is 1. The Bertz CT molecular complexity index is 565. The standard InChI is InChI=1S/C13H16N4O3/c18-13-7-9-6-12(17(19)20)11(8-10(9)15-13)16-4-1-2-14-3-5-16/h6,8,14H,1-5,7H2,(H,15,18). The van der Waals surface area contributed by atoms with E-state index in [1.54, 1.807) is 6.07 Å². The molecule has 1 aromatic carbocycles. The summed E-state index contributed by atoms with van der Waals surface area (Å²) in [6.07, 6.45) is 1.17. The predicted octanol–water partition coefficient (Wildman–Crippen LogP) is 0.889. The van der Waals surface area contributed by atoms with Crippen molar-refractivity contribution >= 4 is 23.0 Å². The zero-order valence-corrected chi connectivity index (χ0v) is 11.0. The van der Waals surface area contributed by atoms with Crippen molar-refractivity contribution < 1.29 is 9.72 Å². The molecule has 2 heterocycles. The summed E-state index contributed by atoms with van der Waals surface area (Å²) in [7, 11) is 0. The molecule has 1 fully saturated rings. The van der Waals surface area contributed by atoms with Crippen LogP contribution in [0, 0.1) is 10.1 Å². The third-order valence-electron chi connectivity index (χ3n) is 3.70. The van der Waals surface area contributed by atoms with Crippen molar-refractivity contribution in [1.29, 1.82) is 0 Å². The zero-order valence-electron chi connectivity index (χ0n) is 11.0. The first kappa shape index (κ1) is 12.9. The van der Waals surface area contributed by atoms with Gasteiger partial charge in [-0.15, -0.1) is 0 Å². The summed E-state index contributed by atoms with van der Waals surface area (Å²) in [5.74, 6) is -0.107. The summed E-state index contributed by atoms with van der Waals surface area (Å²) in [6.45, 7) is 3.24. The summed E-state index contributed by atoms with van der Waals surface area (Å²) < 4.78 is 0. The minimum Gasteiger partial charge on any atom is -0.365 e. The van der Waals surface area contributed by atoms with E-state index >= 15 is 0 Å². The average molecular weight is 276 g/mol. The van der Waals surface area contributed by atoms with Crippen LogP contribution in [0.2, 0.25) is 0 Å². The number of carbonyl (C=O) groups is 1. The second-order valence-electron chi connectivity index (χ2n) is 5.07. The fourth-order valence-electron chi connectivity index (χ4n) is 2.74. The molecule has 0 radical (unpaired) electrons. The van der Waals surface area contributed by atoms with Crippen molar-refractivity contribution in [1.82, 2.24) is 5.32 Å². The number of amides is 1. The molecule has 0 bridgehead atoms. The molecule has 0 saturated carbocycles. The molecule has 7 heteroatoms. The highest BCUT2D eigenvalue weighted by Crippen LogP contribution is 2.36. The largest absolute Gasteiger partial charge is 0.365 e. The van der Waals surface area contributed by atoms with E-state index in [9.17, 15) is 14.9 Å². The predicted molar refractivity (Wildman–Crippen MR) is 75.1 cm³/mol. The number of hydrogen-bond acceptors (Lipinski definition) is 5. The molecule has 2 aliphatic heterocycles. The molecule has 0 aromatic heterocycles. The second kappa shape index (κ2) is 5.09. The molecule has 7 nitrogen and oxygen atoms in total. The number of nitro groups is 1. The van der Waals surface area contributed by atoms with E-state index in [-0.39, 0.29) is 22.9 Å².